The van der Waals surface area contributed by atoms with Gasteiger partial charge in [0.15, 0.2) is 0 Å². The number of hydrogen-bond acceptors (Lipinski definition) is 5. The van der Waals surface area contributed by atoms with E-state index in [0.29, 0.717) is 5.69 Å². The van der Waals surface area contributed by atoms with Crippen molar-refractivity contribution in [1.82, 2.24) is 9.97 Å². The van der Waals surface area contributed by atoms with Crippen LogP contribution in [0, 0.1) is 0 Å². The largest absolute Gasteiger partial charge is 0.478 e. The molecule has 3 aromatic heterocycles. The molecule has 1 aliphatic carbocycles. The molecular formula is C15H10N2O3S. The summed E-state index contributed by atoms with van der Waals surface area (Å²) in [4.78, 5) is 21.1. The van der Waals surface area contributed by atoms with E-state index in [1.807, 2.05) is 6.07 Å². The number of pyridine rings is 1. The molecule has 0 fully saturated rings. The lowest BCUT2D eigenvalue weighted by atomic mass is 10.0. The molecule has 104 valence electrons. The van der Waals surface area contributed by atoms with Gasteiger partial charge < -0.3 is 9.52 Å². The van der Waals surface area contributed by atoms with Crippen LogP contribution in [0.3, 0.4) is 0 Å². The topological polar surface area (TPSA) is 76.2 Å². The van der Waals surface area contributed by atoms with E-state index in [1.165, 1.54) is 17.1 Å². The van der Waals surface area contributed by atoms with Gasteiger partial charge in [-0.05, 0) is 24.6 Å². The lowest BCUT2D eigenvalue weighted by Gasteiger charge is -2.07. The first-order chi connectivity index (χ1) is 10.2. The summed E-state index contributed by atoms with van der Waals surface area (Å²) in [6.07, 6.45) is 4.95. The predicted octanol–water partition coefficient (Wildman–Crippen LogP) is 3.26. The Labute approximate surface area is 123 Å². The Balaban J connectivity index is 1.82. The molecule has 21 heavy (non-hydrogen) atoms. The van der Waals surface area contributed by atoms with Gasteiger partial charge in [0.2, 0.25) is 0 Å². The second-order valence-corrected chi connectivity index (χ2v) is 5.87. The number of hydrogen-bond donors (Lipinski definition) is 1. The number of carboxylic acid groups (broad SMARTS) is 1. The molecule has 0 spiro atoms. The predicted molar refractivity (Wildman–Crippen MR) is 77.4 cm³/mol. The van der Waals surface area contributed by atoms with Gasteiger partial charge in [-0.2, -0.15) is 0 Å². The fourth-order valence-electron chi connectivity index (χ4n) is 2.49. The van der Waals surface area contributed by atoms with Crippen LogP contribution in [0.15, 0.2) is 35.1 Å². The fraction of sp³-hybridized carbons (Fsp3) is 0.133. The second-order valence-electron chi connectivity index (χ2n) is 4.78. The van der Waals surface area contributed by atoms with Crippen LogP contribution in [-0.4, -0.2) is 21.0 Å². The van der Waals surface area contributed by atoms with Crippen molar-refractivity contribution in [3.63, 3.8) is 0 Å². The third-order valence-corrected chi connectivity index (χ3v) is 4.64. The highest BCUT2D eigenvalue weighted by molar-refractivity contribution is 7.15. The Morgan fingerprint density at radius 3 is 3.10 bits per heavy atom. The van der Waals surface area contributed by atoms with Crippen molar-refractivity contribution in [1.29, 1.82) is 0 Å². The molecule has 0 aromatic carbocycles. The zero-order chi connectivity index (χ0) is 14.4. The van der Waals surface area contributed by atoms with Crippen LogP contribution in [-0.2, 0) is 12.8 Å². The number of aryl methyl sites for hydroxylation is 2. The Morgan fingerprint density at radius 2 is 2.24 bits per heavy atom. The maximum absolute atomic E-state index is 11.1. The summed E-state index contributed by atoms with van der Waals surface area (Å²) >= 11 is 1.57. The van der Waals surface area contributed by atoms with E-state index in [-0.39, 0.29) is 5.56 Å². The fourth-order valence-corrected chi connectivity index (χ4v) is 3.54. The Morgan fingerprint density at radius 1 is 1.33 bits per heavy atom. The molecule has 1 N–H and O–H groups in total. The van der Waals surface area contributed by atoms with Gasteiger partial charge in [0.05, 0.1) is 23.2 Å². The first-order valence-corrected chi connectivity index (χ1v) is 7.30. The summed E-state index contributed by atoms with van der Waals surface area (Å²) in [7, 11) is 0. The minimum absolute atomic E-state index is 0.220. The molecule has 3 heterocycles. The summed E-state index contributed by atoms with van der Waals surface area (Å²) < 4.78 is 5.45. The van der Waals surface area contributed by atoms with E-state index >= 15 is 0 Å². The molecule has 0 amide bonds. The molecule has 5 nitrogen and oxygen atoms in total. The van der Waals surface area contributed by atoms with Gasteiger partial charge in [0, 0.05) is 23.1 Å². The zero-order valence-corrected chi connectivity index (χ0v) is 11.7. The van der Waals surface area contributed by atoms with Crippen LogP contribution in [0.4, 0.5) is 0 Å². The minimum Gasteiger partial charge on any atom is -0.478 e. The molecule has 0 saturated carbocycles. The minimum atomic E-state index is -0.961. The molecular weight excluding hydrogens is 288 g/mol. The Hall–Kier alpha value is -2.47. The third-order valence-electron chi connectivity index (χ3n) is 3.50. The van der Waals surface area contributed by atoms with Crippen molar-refractivity contribution in [3.05, 3.63) is 46.9 Å². The molecule has 0 unspecified atom stereocenters. The standard InChI is InChI=1S/C15H10N2O3S/c18-15(19)8-3-5-16-10(7-8)14-17-13-9-4-6-20-11(9)1-2-12(13)21-14/h3-7H,1-2H2,(H,18,19). The summed E-state index contributed by atoms with van der Waals surface area (Å²) in [5.41, 5.74) is 2.79. The highest BCUT2D eigenvalue weighted by Gasteiger charge is 2.23. The van der Waals surface area contributed by atoms with Crippen LogP contribution in [0.5, 0.6) is 0 Å². The van der Waals surface area contributed by atoms with Crippen LogP contribution in [0.1, 0.15) is 21.0 Å². The van der Waals surface area contributed by atoms with E-state index in [9.17, 15) is 4.79 Å². The van der Waals surface area contributed by atoms with Gasteiger partial charge in [-0.25, -0.2) is 9.78 Å². The van der Waals surface area contributed by atoms with Crippen LogP contribution < -0.4 is 0 Å². The van der Waals surface area contributed by atoms with E-state index in [4.69, 9.17) is 9.52 Å². The van der Waals surface area contributed by atoms with Gasteiger partial charge in [-0.3, -0.25) is 4.98 Å². The maximum atomic E-state index is 11.1. The smallest absolute Gasteiger partial charge is 0.335 e. The highest BCUT2D eigenvalue weighted by atomic mass is 32.1. The van der Waals surface area contributed by atoms with Crippen molar-refractivity contribution in [3.8, 4) is 22.0 Å². The maximum Gasteiger partial charge on any atom is 0.335 e. The average Bonchev–Trinajstić information content (AvgIpc) is 3.12. The number of carbonyl (C=O) groups is 1. The number of fused-ring (bicyclic) bond motifs is 3. The van der Waals surface area contributed by atoms with E-state index in [2.05, 4.69) is 9.97 Å². The van der Waals surface area contributed by atoms with Gasteiger partial charge in [0.1, 0.15) is 10.8 Å². The van der Waals surface area contributed by atoms with E-state index < -0.39 is 5.97 Å². The van der Waals surface area contributed by atoms with E-state index in [0.717, 1.165) is 34.9 Å². The average molecular weight is 298 g/mol. The lowest BCUT2D eigenvalue weighted by molar-refractivity contribution is 0.0697. The molecule has 3 aromatic rings. The molecule has 0 aliphatic heterocycles. The molecule has 4 rings (SSSR count). The first kappa shape index (κ1) is 12.3. The van der Waals surface area contributed by atoms with Gasteiger partial charge in [0.25, 0.3) is 0 Å². The summed E-state index contributed by atoms with van der Waals surface area (Å²) in [5, 5.41) is 9.81. The number of furan rings is 1. The number of aromatic nitrogens is 2. The van der Waals surface area contributed by atoms with Crippen LogP contribution in [0.25, 0.3) is 22.0 Å². The van der Waals surface area contributed by atoms with Crippen molar-refractivity contribution in [2.24, 2.45) is 0 Å². The molecule has 0 bridgehead atoms. The number of nitrogens with zero attached hydrogens (tertiary/aromatic N) is 2. The number of thiazole rings is 1. The zero-order valence-electron chi connectivity index (χ0n) is 10.9. The van der Waals surface area contributed by atoms with Crippen molar-refractivity contribution in [2.75, 3.05) is 0 Å². The van der Waals surface area contributed by atoms with Crippen LogP contribution >= 0.6 is 11.3 Å². The van der Waals surface area contributed by atoms with Crippen LogP contribution in [0.2, 0.25) is 0 Å². The van der Waals surface area contributed by atoms with Crippen molar-refractivity contribution < 1.29 is 14.3 Å². The van der Waals surface area contributed by atoms with Gasteiger partial charge in [-0.1, -0.05) is 0 Å². The van der Waals surface area contributed by atoms with Gasteiger partial charge >= 0.3 is 5.97 Å². The SMILES string of the molecule is O=C(O)c1ccnc(-c2nc3c(s2)CCc2occc2-3)c1. The normalized spacial score (nSPS) is 12.8. The number of aromatic carboxylic acids is 1. The Bertz CT molecular complexity index is 850. The number of rotatable bonds is 2. The molecule has 6 heteroatoms. The summed E-state index contributed by atoms with van der Waals surface area (Å²) in [6.45, 7) is 0. The summed E-state index contributed by atoms with van der Waals surface area (Å²) in [5.74, 6) is 0.00341. The quantitative estimate of drug-likeness (QED) is 0.785. The number of carboxylic acids is 1. The van der Waals surface area contributed by atoms with Crippen molar-refractivity contribution >= 4 is 17.3 Å². The van der Waals surface area contributed by atoms with Gasteiger partial charge in [-0.15, -0.1) is 11.3 Å². The lowest BCUT2D eigenvalue weighted by Crippen LogP contribution is -1.98. The Kier molecular flexibility index (Phi) is 2.65. The first-order valence-electron chi connectivity index (χ1n) is 6.48. The molecule has 0 saturated heterocycles. The second kappa shape index (κ2) is 4.53. The molecule has 1 aliphatic rings. The third kappa shape index (κ3) is 1.95. The summed E-state index contributed by atoms with van der Waals surface area (Å²) in [6, 6.07) is 4.97. The monoisotopic (exact) mass is 298 g/mol. The molecule has 0 radical (unpaired) electrons. The molecule has 0 atom stereocenters. The highest BCUT2D eigenvalue weighted by Crippen LogP contribution is 2.39. The van der Waals surface area contributed by atoms with E-state index in [1.54, 1.807) is 23.7 Å². The van der Waals surface area contributed by atoms with Crippen molar-refractivity contribution in [2.45, 2.75) is 12.8 Å².